The Hall–Kier alpha value is -1.63. The second-order valence-corrected chi connectivity index (χ2v) is 6.51. The molecule has 2 heterocycles. The number of carbonyl (C=O) groups excluding carboxylic acids is 1. The largest absolute Gasteiger partial charge is 0.481 e. The fourth-order valence-electron chi connectivity index (χ4n) is 2.73. The Morgan fingerprint density at radius 3 is 2.86 bits per heavy atom. The zero-order valence-corrected chi connectivity index (χ0v) is 13.8. The van der Waals surface area contributed by atoms with E-state index in [0.29, 0.717) is 19.5 Å². The lowest BCUT2D eigenvalue weighted by molar-refractivity contribution is -0.137. The molecule has 1 amide bonds. The molecule has 1 aromatic rings. The SMILES string of the molecule is O=C(O)CCC1CCCN(C(=O)Cn2cc(Br)ccc2=O)C1. The zero-order chi connectivity index (χ0) is 16.1. The lowest BCUT2D eigenvalue weighted by Gasteiger charge is -2.32. The molecule has 0 bridgehead atoms. The van der Waals surface area contributed by atoms with Gasteiger partial charge in [0.05, 0.1) is 0 Å². The molecule has 0 radical (unpaired) electrons. The quantitative estimate of drug-likeness (QED) is 0.855. The van der Waals surface area contributed by atoms with Crippen LogP contribution in [0.2, 0.25) is 0 Å². The topological polar surface area (TPSA) is 79.6 Å². The van der Waals surface area contributed by atoms with Crippen molar-refractivity contribution in [2.75, 3.05) is 13.1 Å². The molecule has 120 valence electrons. The summed E-state index contributed by atoms with van der Waals surface area (Å²) in [6.45, 7) is 1.27. The van der Waals surface area contributed by atoms with E-state index in [-0.39, 0.29) is 30.3 Å². The molecular formula is C15H19BrN2O4. The smallest absolute Gasteiger partial charge is 0.303 e. The molecule has 1 aliphatic rings. The van der Waals surface area contributed by atoms with Gasteiger partial charge in [0.25, 0.3) is 5.56 Å². The van der Waals surface area contributed by atoms with Crippen molar-refractivity contribution in [1.82, 2.24) is 9.47 Å². The van der Waals surface area contributed by atoms with Crippen LogP contribution in [0.15, 0.2) is 27.6 Å². The molecular weight excluding hydrogens is 352 g/mol. The van der Waals surface area contributed by atoms with Crippen LogP contribution in [0, 0.1) is 5.92 Å². The zero-order valence-electron chi connectivity index (χ0n) is 12.2. The number of carbonyl (C=O) groups is 2. The van der Waals surface area contributed by atoms with Gasteiger partial charge < -0.3 is 14.6 Å². The van der Waals surface area contributed by atoms with Crippen LogP contribution in [0.3, 0.4) is 0 Å². The Balaban J connectivity index is 1.95. The van der Waals surface area contributed by atoms with Gasteiger partial charge in [0.1, 0.15) is 6.54 Å². The fraction of sp³-hybridized carbons (Fsp3) is 0.533. The highest BCUT2D eigenvalue weighted by molar-refractivity contribution is 9.10. The normalized spacial score (nSPS) is 18.2. The number of carboxylic acid groups (broad SMARTS) is 1. The maximum atomic E-state index is 12.3. The lowest BCUT2D eigenvalue weighted by atomic mass is 9.93. The molecule has 6 nitrogen and oxygen atoms in total. The van der Waals surface area contributed by atoms with E-state index in [2.05, 4.69) is 15.9 Å². The van der Waals surface area contributed by atoms with Crippen molar-refractivity contribution in [3.8, 4) is 0 Å². The first-order valence-electron chi connectivity index (χ1n) is 7.31. The lowest BCUT2D eigenvalue weighted by Crippen LogP contribution is -2.42. The highest BCUT2D eigenvalue weighted by atomic mass is 79.9. The standard InChI is InChI=1S/C15H19BrN2O4/c16-12-4-5-13(19)18(9-12)10-14(20)17-7-1-2-11(8-17)3-6-15(21)22/h4-5,9,11H,1-3,6-8,10H2,(H,21,22). The van der Waals surface area contributed by atoms with E-state index in [1.54, 1.807) is 17.2 Å². The third kappa shape index (κ3) is 4.69. The van der Waals surface area contributed by atoms with E-state index < -0.39 is 5.97 Å². The second-order valence-electron chi connectivity index (χ2n) is 5.59. The van der Waals surface area contributed by atoms with Gasteiger partial charge in [-0.05, 0) is 47.2 Å². The Kier molecular flexibility index (Phi) is 5.76. The average Bonchev–Trinajstić information content (AvgIpc) is 2.49. The number of aromatic nitrogens is 1. The summed E-state index contributed by atoms with van der Waals surface area (Å²) >= 11 is 3.29. The number of pyridine rings is 1. The van der Waals surface area contributed by atoms with Crippen molar-refractivity contribution in [3.63, 3.8) is 0 Å². The van der Waals surface area contributed by atoms with Gasteiger partial charge in [0.15, 0.2) is 0 Å². The first-order chi connectivity index (χ1) is 10.5. The molecule has 0 aromatic carbocycles. The highest BCUT2D eigenvalue weighted by Gasteiger charge is 2.24. The van der Waals surface area contributed by atoms with Gasteiger partial charge in [0, 0.05) is 36.2 Å². The number of rotatable bonds is 5. The molecule has 1 fully saturated rings. The Labute approximate surface area is 136 Å². The van der Waals surface area contributed by atoms with Gasteiger partial charge >= 0.3 is 5.97 Å². The molecule has 1 unspecified atom stereocenters. The van der Waals surface area contributed by atoms with E-state index >= 15 is 0 Å². The predicted molar refractivity (Wildman–Crippen MR) is 84.6 cm³/mol. The van der Waals surface area contributed by atoms with Gasteiger partial charge in [-0.25, -0.2) is 0 Å². The van der Waals surface area contributed by atoms with Gasteiger partial charge in [-0.1, -0.05) is 0 Å². The Morgan fingerprint density at radius 2 is 2.14 bits per heavy atom. The number of likely N-dealkylation sites (tertiary alicyclic amines) is 1. The highest BCUT2D eigenvalue weighted by Crippen LogP contribution is 2.21. The maximum absolute atomic E-state index is 12.3. The molecule has 0 saturated carbocycles. The number of nitrogens with zero attached hydrogens (tertiary/aromatic N) is 2. The summed E-state index contributed by atoms with van der Waals surface area (Å²) in [5.41, 5.74) is -0.212. The fourth-order valence-corrected chi connectivity index (χ4v) is 3.11. The number of amides is 1. The molecule has 1 N–H and O–H groups in total. The summed E-state index contributed by atoms with van der Waals surface area (Å²) in [6, 6.07) is 3.06. The third-order valence-corrected chi connectivity index (χ3v) is 4.36. The summed E-state index contributed by atoms with van der Waals surface area (Å²) in [7, 11) is 0. The molecule has 1 aromatic heterocycles. The van der Waals surface area contributed by atoms with Crippen LogP contribution in [-0.2, 0) is 16.1 Å². The van der Waals surface area contributed by atoms with Crippen molar-refractivity contribution in [3.05, 3.63) is 33.2 Å². The number of carboxylic acids is 1. The van der Waals surface area contributed by atoms with Crippen molar-refractivity contribution in [2.24, 2.45) is 5.92 Å². The van der Waals surface area contributed by atoms with Crippen LogP contribution >= 0.6 is 15.9 Å². The van der Waals surface area contributed by atoms with E-state index in [0.717, 1.165) is 17.3 Å². The van der Waals surface area contributed by atoms with E-state index in [9.17, 15) is 14.4 Å². The van der Waals surface area contributed by atoms with Crippen molar-refractivity contribution in [1.29, 1.82) is 0 Å². The van der Waals surface area contributed by atoms with E-state index in [1.807, 2.05) is 0 Å². The first-order valence-corrected chi connectivity index (χ1v) is 8.10. The maximum Gasteiger partial charge on any atom is 0.303 e. The minimum atomic E-state index is -0.802. The predicted octanol–water partition coefficient (Wildman–Crippen LogP) is 1.71. The summed E-state index contributed by atoms with van der Waals surface area (Å²) in [6.07, 6.45) is 4.16. The molecule has 1 aliphatic heterocycles. The molecule has 7 heteroatoms. The Morgan fingerprint density at radius 1 is 1.36 bits per heavy atom. The van der Waals surface area contributed by atoms with Crippen molar-refractivity contribution < 1.29 is 14.7 Å². The van der Waals surface area contributed by atoms with Crippen LogP contribution in [0.4, 0.5) is 0 Å². The van der Waals surface area contributed by atoms with Crippen LogP contribution in [-0.4, -0.2) is 39.5 Å². The molecule has 1 saturated heterocycles. The minimum Gasteiger partial charge on any atom is -0.481 e. The van der Waals surface area contributed by atoms with Crippen molar-refractivity contribution >= 4 is 27.8 Å². The molecule has 1 atom stereocenters. The van der Waals surface area contributed by atoms with Gasteiger partial charge in [0.2, 0.25) is 5.91 Å². The van der Waals surface area contributed by atoms with Gasteiger partial charge in [-0.2, -0.15) is 0 Å². The Bertz CT molecular complexity index is 614. The first kappa shape index (κ1) is 16.7. The molecule has 22 heavy (non-hydrogen) atoms. The van der Waals surface area contributed by atoms with E-state index in [1.165, 1.54) is 10.6 Å². The number of hydrogen-bond donors (Lipinski definition) is 1. The van der Waals surface area contributed by atoms with E-state index in [4.69, 9.17) is 5.11 Å². The van der Waals surface area contributed by atoms with Gasteiger partial charge in [-0.3, -0.25) is 14.4 Å². The van der Waals surface area contributed by atoms with Gasteiger partial charge in [-0.15, -0.1) is 0 Å². The minimum absolute atomic E-state index is 0.0178. The average molecular weight is 371 g/mol. The van der Waals surface area contributed by atoms with Crippen LogP contribution in [0.25, 0.3) is 0 Å². The summed E-state index contributed by atoms with van der Waals surface area (Å²) in [5, 5.41) is 8.75. The second kappa shape index (κ2) is 7.58. The molecule has 0 spiro atoms. The van der Waals surface area contributed by atoms with Crippen molar-refractivity contribution in [2.45, 2.75) is 32.2 Å². The van der Waals surface area contributed by atoms with Crippen LogP contribution in [0.1, 0.15) is 25.7 Å². The van der Waals surface area contributed by atoms with Crippen LogP contribution < -0.4 is 5.56 Å². The summed E-state index contributed by atoms with van der Waals surface area (Å²) in [5.74, 6) is -0.669. The third-order valence-electron chi connectivity index (χ3n) is 3.89. The number of halogens is 1. The van der Waals surface area contributed by atoms with Crippen LogP contribution in [0.5, 0.6) is 0 Å². The monoisotopic (exact) mass is 370 g/mol. The summed E-state index contributed by atoms with van der Waals surface area (Å²) in [4.78, 5) is 36.5. The number of piperidine rings is 1. The number of hydrogen-bond acceptors (Lipinski definition) is 3. The summed E-state index contributed by atoms with van der Waals surface area (Å²) < 4.78 is 2.13. The molecule has 0 aliphatic carbocycles. The number of aliphatic carboxylic acids is 1. The molecule has 2 rings (SSSR count).